The van der Waals surface area contributed by atoms with E-state index in [1.54, 1.807) is 61.5 Å². The Kier molecular flexibility index (Phi) is 5.96. The topological polar surface area (TPSA) is 60.4 Å². The van der Waals surface area contributed by atoms with Crippen molar-refractivity contribution >= 4 is 31.7 Å². The van der Waals surface area contributed by atoms with Gasteiger partial charge in [0.25, 0.3) is 0 Å². The maximum Gasteiger partial charge on any atom is 0.338 e. The molecule has 6 heteroatoms. The summed E-state index contributed by atoms with van der Waals surface area (Å²) in [4.78, 5) is 12.2. The molecule has 0 heterocycles. The molecule has 0 fully saturated rings. The van der Waals surface area contributed by atoms with Gasteiger partial charge in [0.2, 0.25) is 0 Å². The van der Waals surface area contributed by atoms with Crippen LogP contribution < -0.4 is 0 Å². The molecule has 0 spiro atoms. The van der Waals surface area contributed by atoms with Crippen molar-refractivity contribution < 1.29 is 17.9 Å². The van der Waals surface area contributed by atoms with Gasteiger partial charge in [0.05, 0.1) is 15.7 Å². The van der Waals surface area contributed by atoms with Crippen molar-refractivity contribution in [2.75, 3.05) is 6.61 Å². The predicted molar refractivity (Wildman–Crippen MR) is 92.1 cm³/mol. The minimum absolute atomic E-state index is 0.164. The molecule has 23 heavy (non-hydrogen) atoms. The highest BCUT2D eigenvalue weighted by Crippen LogP contribution is 2.21. The SMILES string of the molecule is CCC(COC(=O)c1ccccc1)S(=O)(=O)c1ccc(Br)cc1. The van der Waals surface area contributed by atoms with Crippen molar-refractivity contribution in [2.45, 2.75) is 23.5 Å². The molecule has 122 valence electrons. The van der Waals surface area contributed by atoms with Crippen LogP contribution in [0, 0.1) is 0 Å². The summed E-state index contributed by atoms with van der Waals surface area (Å²) in [5.74, 6) is -0.518. The van der Waals surface area contributed by atoms with Gasteiger partial charge in [0.15, 0.2) is 9.84 Å². The average molecular weight is 397 g/mol. The molecule has 0 aliphatic carbocycles. The first-order valence-corrected chi connectivity index (χ1v) is 9.50. The lowest BCUT2D eigenvalue weighted by Gasteiger charge is -2.16. The largest absolute Gasteiger partial charge is 0.461 e. The van der Waals surface area contributed by atoms with E-state index in [0.29, 0.717) is 12.0 Å². The van der Waals surface area contributed by atoms with Crippen LogP contribution in [0.1, 0.15) is 23.7 Å². The van der Waals surface area contributed by atoms with Gasteiger partial charge < -0.3 is 4.74 Å². The molecule has 0 amide bonds. The normalized spacial score (nSPS) is 12.6. The van der Waals surface area contributed by atoms with E-state index in [9.17, 15) is 13.2 Å². The lowest BCUT2D eigenvalue weighted by molar-refractivity contribution is 0.0503. The Morgan fingerprint density at radius 3 is 2.26 bits per heavy atom. The number of esters is 1. The summed E-state index contributed by atoms with van der Waals surface area (Å²) in [6, 6.07) is 15.0. The number of halogens is 1. The molecule has 2 rings (SSSR count). The second-order valence-electron chi connectivity index (χ2n) is 4.99. The summed E-state index contributed by atoms with van der Waals surface area (Å²) >= 11 is 3.28. The molecule has 0 aliphatic rings. The van der Waals surface area contributed by atoms with Crippen LogP contribution in [0.15, 0.2) is 64.0 Å². The van der Waals surface area contributed by atoms with E-state index in [1.807, 2.05) is 0 Å². The second kappa shape index (κ2) is 7.75. The van der Waals surface area contributed by atoms with Crippen LogP contribution in [-0.4, -0.2) is 26.2 Å². The first kappa shape index (κ1) is 17.7. The van der Waals surface area contributed by atoms with E-state index >= 15 is 0 Å². The molecular formula is C17H17BrO4S. The number of carbonyl (C=O) groups is 1. The van der Waals surface area contributed by atoms with Gasteiger partial charge in [0.1, 0.15) is 6.61 Å². The van der Waals surface area contributed by atoms with Gasteiger partial charge in [-0.05, 0) is 42.8 Å². The minimum Gasteiger partial charge on any atom is -0.461 e. The molecule has 0 aliphatic heterocycles. The van der Waals surface area contributed by atoms with Crippen LogP contribution in [0.25, 0.3) is 0 Å². The average Bonchev–Trinajstić information content (AvgIpc) is 2.56. The fourth-order valence-electron chi connectivity index (χ4n) is 2.07. The van der Waals surface area contributed by atoms with E-state index < -0.39 is 21.1 Å². The third-order valence-corrected chi connectivity index (χ3v) is 6.25. The number of hydrogen-bond acceptors (Lipinski definition) is 4. The highest BCUT2D eigenvalue weighted by molar-refractivity contribution is 9.10. The van der Waals surface area contributed by atoms with Gasteiger partial charge in [0, 0.05) is 4.47 Å². The lowest BCUT2D eigenvalue weighted by Crippen LogP contribution is -2.27. The Labute approximate surface area is 144 Å². The summed E-state index contributed by atoms with van der Waals surface area (Å²) in [6.07, 6.45) is 0.362. The highest BCUT2D eigenvalue weighted by atomic mass is 79.9. The van der Waals surface area contributed by atoms with E-state index in [1.165, 1.54) is 0 Å². The summed E-state index contributed by atoms with van der Waals surface area (Å²) in [5, 5.41) is -0.767. The zero-order chi connectivity index (χ0) is 16.9. The molecule has 1 atom stereocenters. The zero-order valence-electron chi connectivity index (χ0n) is 12.6. The second-order valence-corrected chi connectivity index (χ2v) is 8.14. The number of hydrogen-bond donors (Lipinski definition) is 0. The quantitative estimate of drug-likeness (QED) is 0.695. The van der Waals surface area contributed by atoms with Gasteiger partial charge in [-0.3, -0.25) is 0 Å². The van der Waals surface area contributed by atoms with Crippen molar-refractivity contribution in [3.63, 3.8) is 0 Å². The maximum absolute atomic E-state index is 12.6. The first-order chi connectivity index (χ1) is 10.9. The third-order valence-electron chi connectivity index (χ3n) is 3.45. The molecule has 0 N–H and O–H groups in total. The molecule has 0 aromatic heterocycles. The van der Waals surface area contributed by atoms with Crippen LogP contribution in [-0.2, 0) is 14.6 Å². The van der Waals surface area contributed by atoms with Gasteiger partial charge in [-0.1, -0.05) is 41.1 Å². The Balaban J connectivity index is 2.10. The van der Waals surface area contributed by atoms with Gasteiger partial charge in [-0.25, -0.2) is 13.2 Å². The van der Waals surface area contributed by atoms with Gasteiger partial charge in [-0.2, -0.15) is 0 Å². The Bertz CT molecular complexity index is 755. The van der Waals surface area contributed by atoms with E-state index in [4.69, 9.17) is 4.74 Å². The molecule has 0 radical (unpaired) electrons. The van der Waals surface area contributed by atoms with Crippen LogP contribution in [0.3, 0.4) is 0 Å². The Morgan fingerprint density at radius 2 is 1.70 bits per heavy atom. The molecule has 2 aromatic rings. The molecular weight excluding hydrogens is 380 g/mol. The predicted octanol–water partition coefficient (Wildman–Crippen LogP) is 3.86. The summed E-state index contributed by atoms with van der Waals surface area (Å²) < 4.78 is 31.2. The standard InChI is InChI=1S/C17H17BrO4S/c1-2-15(12-22-17(19)13-6-4-3-5-7-13)23(20,21)16-10-8-14(18)9-11-16/h3-11,15H,2,12H2,1H3. The van der Waals surface area contributed by atoms with Gasteiger partial charge in [-0.15, -0.1) is 0 Å². The number of carbonyl (C=O) groups excluding carboxylic acids is 1. The zero-order valence-corrected chi connectivity index (χ0v) is 15.0. The first-order valence-electron chi connectivity index (χ1n) is 7.16. The van der Waals surface area contributed by atoms with Crippen molar-refractivity contribution in [3.05, 3.63) is 64.6 Å². The number of rotatable bonds is 6. The highest BCUT2D eigenvalue weighted by Gasteiger charge is 2.27. The number of benzene rings is 2. The molecule has 0 saturated carbocycles. The summed E-state index contributed by atoms with van der Waals surface area (Å²) in [6.45, 7) is 1.60. The van der Waals surface area contributed by atoms with E-state index in [-0.39, 0.29) is 11.5 Å². The number of sulfone groups is 1. The number of ether oxygens (including phenoxy) is 1. The van der Waals surface area contributed by atoms with Crippen LogP contribution in [0.5, 0.6) is 0 Å². The van der Waals surface area contributed by atoms with Crippen molar-refractivity contribution in [1.29, 1.82) is 0 Å². The van der Waals surface area contributed by atoms with E-state index in [0.717, 1.165) is 4.47 Å². The Hall–Kier alpha value is -1.66. The molecule has 4 nitrogen and oxygen atoms in total. The molecule has 0 bridgehead atoms. The fraction of sp³-hybridized carbons (Fsp3) is 0.235. The smallest absolute Gasteiger partial charge is 0.338 e. The summed E-state index contributed by atoms with van der Waals surface area (Å²) in [5.41, 5.74) is 0.406. The minimum atomic E-state index is -3.54. The Morgan fingerprint density at radius 1 is 1.09 bits per heavy atom. The summed E-state index contributed by atoms with van der Waals surface area (Å²) in [7, 11) is -3.54. The van der Waals surface area contributed by atoms with Crippen LogP contribution in [0.4, 0.5) is 0 Å². The lowest BCUT2D eigenvalue weighted by atomic mass is 10.2. The van der Waals surface area contributed by atoms with Crippen LogP contribution >= 0.6 is 15.9 Å². The molecule has 0 saturated heterocycles. The van der Waals surface area contributed by atoms with E-state index in [2.05, 4.69) is 15.9 Å². The third kappa shape index (κ3) is 4.42. The maximum atomic E-state index is 12.6. The van der Waals surface area contributed by atoms with Gasteiger partial charge >= 0.3 is 5.97 Å². The fourth-order valence-corrected chi connectivity index (χ4v) is 3.92. The van der Waals surface area contributed by atoms with Crippen molar-refractivity contribution in [3.8, 4) is 0 Å². The molecule has 2 aromatic carbocycles. The van der Waals surface area contributed by atoms with Crippen molar-refractivity contribution in [2.24, 2.45) is 0 Å². The monoisotopic (exact) mass is 396 g/mol. The molecule has 1 unspecified atom stereocenters. The van der Waals surface area contributed by atoms with Crippen molar-refractivity contribution in [1.82, 2.24) is 0 Å². The van der Waals surface area contributed by atoms with Crippen LogP contribution in [0.2, 0.25) is 0 Å².